The van der Waals surface area contributed by atoms with E-state index in [-0.39, 0.29) is 30.8 Å². The molecule has 1 saturated heterocycles. The van der Waals surface area contributed by atoms with Crippen molar-refractivity contribution in [3.05, 3.63) is 150 Å². The number of hydrogen-bond acceptors (Lipinski definition) is 6. The molecule has 1 aliphatic heterocycles. The third-order valence-electron chi connectivity index (χ3n) is 7.79. The maximum atomic E-state index is 12.9. The van der Waals surface area contributed by atoms with E-state index >= 15 is 0 Å². The van der Waals surface area contributed by atoms with Crippen LogP contribution in [0.25, 0.3) is 0 Å². The first-order chi connectivity index (χ1) is 22.5. The highest BCUT2D eigenvalue weighted by Gasteiger charge is 2.38. The van der Waals surface area contributed by atoms with Crippen LogP contribution in [0.5, 0.6) is 11.5 Å². The molecular weight excluding hydrogens is 596 g/mol. The monoisotopic (exact) mass is 632 g/mol. The lowest BCUT2D eigenvalue weighted by molar-refractivity contribution is -0.268. The van der Waals surface area contributed by atoms with Crippen LogP contribution in [0.15, 0.2) is 138 Å². The second-order valence-corrected chi connectivity index (χ2v) is 12.2. The number of carbonyl (C=O) groups excluding carboxylic acids is 1. The van der Waals surface area contributed by atoms with E-state index in [0.29, 0.717) is 17.1 Å². The molecule has 234 valence electrons. The van der Waals surface area contributed by atoms with Gasteiger partial charge in [-0.3, -0.25) is 0 Å². The molecule has 2 amide bonds. The highest BCUT2D eigenvalue weighted by Crippen LogP contribution is 2.43. The fraction of sp³-hybridized carbons (Fsp3) is 0.184. The predicted octanol–water partition coefficient (Wildman–Crippen LogP) is 9.20. The second kappa shape index (κ2) is 15.1. The minimum absolute atomic E-state index is 0.00914. The van der Waals surface area contributed by atoms with Crippen LogP contribution in [-0.2, 0) is 16.1 Å². The minimum atomic E-state index is -0.637. The highest BCUT2D eigenvalue weighted by molar-refractivity contribution is 7.99. The zero-order valence-corrected chi connectivity index (χ0v) is 26.2. The van der Waals surface area contributed by atoms with E-state index in [1.54, 1.807) is 23.9 Å². The molecule has 0 bridgehead atoms. The lowest BCUT2D eigenvalue weighted by atomic mass is 9.91. The fourth-order valence-corrected chi connectivity index (χ4v) is 6.38. The van der Waals surface area contributed by atoms with Crippen molar-refractivity contribution in [1.82, 2.24) is 0 Å². The summed E-state index contributed by atoms with van der Waals surface area (Å²) in [6, 6.07) is 42.1. The molecule has 5 aromatic rings. The summed E-state index contributed by atoms with van der Waals surface area (Å²) >= 11 is 1.76. The Bertz CT molecular complexity index is 1700. The van der Waals surface area contributed by atoms with Crippen molar-refractivity contribution < 1.29 is 24.1 Å². The van der Waals surface area contributed by atoms with Gasteiger partial charge in [0.2, 0.25) is 0 Å². The Morgan fingerprint density at radius 3 is 2.13 bits per heavy atom. The summed E-state index contributed by atoms with van der Waals surface area (Å²) in [4.78, 5) is 14.1. The number of rotatable bonds is 10. The van der Waals surface area contributed by atoms with Gasteiger partial charge in [0.05, 0.1) is 18.8 Å². The first-order valence-corrected chi connectivity index (χ1v) is 16.2. The molecular formula is C38H36N2O5S. The smallest absolute Gasteiger partial charge is 0.323 e. The van der Waals surface area contributed by atoms with Crippen LogP contribution in [0, 0.1) is 5.92 Å². The average molecular weight is 633 g/mol. The number of amides is 2. The number of aliphatic hydroxyl groups excluding tert-OH is 1. The van der Waals surface area contributed by atoms with E-state index in [1.165, 1.54) is 4.90 Å². The van der Waals surface area contributed by atoms with Crippen LogP contribution >= 0.6 is 11.8 Å². The van der Waals surface area contributed by atoms with Gasteiger partial charge in [0.1, 0.15) is 11.5 Å². The predicted molar refractivity (Wildman–Crippen MR) is 182 cm³/mol. The number of benzene rings is 5. The Labute approximate surface area is 273 Å². The summed E-state index contributed by atoms with van der Waals surface area (Å²) in [5.41, 5.74) is 3.93. The second-order valence-electron chi connectivity index (χ2n) is 11.1. The van der Waals surface area contributed by atoms with Crippen LogP contribution in [0.2, 0.25) is 0 Å². The molecule has 1 fully saturated rings. The quantitative estimate of drug-likeness (QED) is 0.133. The molecule has 5 aromatic carbocycles. The molecule has 0 spiro atoms. The van der Waals surface area contributed by atoms with E-state index in [1.807, 2.05) is 109 Å². The van der Waals surface area contributed by atoms with Crippen molar-refractivity contribution in [2.24, 2.45) is 5.92 Å². The molecule has 0 unspecified atom stereocenters. The number of nitrogens with one attached hydrogen (secondary N) is 2. The van der Waals surface area contributed by atoms with Gasteiger partial charge in [0.25, 0.3) is 0 Å². The largest absolute Gasteiger partial charge is 0.457 e. The van der Waals surface area contributed by atoms with E-state index in [0.717, 1.165) is 28.2 Å². The van der Waals surface area contributed by atoms with E-state index in [4.69, 9.17) is 14.2 Å². The molecule has 0 saturated carbocycles. The normalized spacial score (nSPS) is 19.3. The van der Waals surface area contributed by atoms with Crippen molar-refractivity contribution in [2.45, 2.75) is 36.9 Å². The summed E-state index contributed by atoms with van der Waals surface area (Å²) in [6.07, 6.45) is -0.955. The topological polar surface area (TPSA) is 89.1 Å². The molecule has 6 rings (SSSR count). The van der Waals surface area contributed by atoms with Gasteiger partial charge < -0.3 is 30.0 Å². The molecule has 1 heterocycles. The molecule has 7 nitrogen and oxygen atoms in total. The Kier molecular flexibility index (Phi) is 10.3. The molecule has 1 aliphatic rings. The van der Waals surface area contributed by atoms with Crippen molar-refractivity contribution >= 4 is 29.2 Å². The third-order valence-corrected chi connectivity index (χ3v) is 8.89. The van der Waals surface area contributed by atoms with Gasteiger partial charge in [0, 0.05) is 33.5 Å². The van der Waals surface area contributed by atoms with Gasteiger partial charge >= 0.3 is 6.03 Å². The van der Waals surface area contributed by atoms with Crippen LogP contribution in [0.3, 0.4) is 0 Å². The molecule has 46 heavy (non-hydrogen) atoms. The van der Waals surface area contributed by atoms with Gasteiger partial charge in [-0.25, -0.2) is 4.79 Å². The van der Waals surface area contributed by atoms with Gasteiger partial charge in [0.15, 0.2) is 6.29 Å². The molecule has 0 radical (unpaired) electrons. The van der Waals surface area contributed by atoms with E-state index < -0.39 is 6.29 Å². The number of hydrogen-bond donors (Lipinski definition) is 3. The van der Waals surface area contributed by atoms with Crippen molar-refractivity contribution in [2.75, 3.05) is 16.4 Å². The first kappa shape index (κ1) is 31.4. The highest BCUT2D eigenvalue weighted by atomic mass is 32.2. The molecule has 0 aromatic heterocycles. The van der Waals surface area contributed by atoms with Gasteiger partial charge in [-0.15, -0.1) is 11.8 Å². The van der Waals surface area contributed by atoms with Gasteiger partial charge in [-0.1, -0.05) is 79.7 Å². The summed E-state index contributed by atoms with van der Waals surface area (Å²) in [7, 11) is 0. The SMILES string of the molecule is C[C@H]1[C@@H](CSc2ccccc2)O[C@@H](c2cccc(NC(=O)Nc3ccc(Oc4ccccc4)cc3)c2)O[C@H]1c1ccc(CO)cc1. The number of thioether (sulfide) groups is 1. The molecule has 0 aliphatic carbocycles. The zero-order valence-electron chi connectivity index (χ0n) is 25.4. The Morgan fingerprint density at radius 2 is 1.41 bits per heavy atom. The number of ether oxygens (including phenoxy) is 3. The molecule has 4 atom stereocenters. The van der Waals surface area contributed by atoms with Crippen LogP contribution in [0.4, 0.5) is 16.2 Å². The van der Waals surface area contributed by atoms with Crippen molar-refractivity contribution in [3.8, 4) is 11.5 Å². The minimum Gasteiger partial charge on any atom is -0.457 e. The lowest BCUT2D eigenvalue weighted by Gasteiger charge is -2.41. The lowest BCUT2D eigenvalue weighted by Crippen LogP contribution is -2.38. The zero-order chi connectivity index (χ0) is 31.7. The van der Waals surface area contributed by atoms with Crippen LogP contribution in [-0.4, -0.2) is 23.0 Å². The summed E-state index contributed by atoms with van der Waals surface area (Å²) in [5.74, 6) is 2.25. The molecule has 8 heteroatoms. The standard InChI is InChI=1S/C38H36N2O5S/c1-26-35(25-46-34-13-6-3-7-14-34)44-37(45-36(26)28-17-15-27(24-41)16-18-28)29-9-8-10-31(23-29)40-38(42)39-30-19-21-33(22-20-30)43-32-11-4-2-5-12-32/h2-23,26,35-37,41H,24-25H2,1H3,(H2,39,40,42)/t26-,35+,36+,37+/m0/s1. The van der Waals surface area contributed by atoms with Crippen LogP contribution in [0.1, 0.15) is 36.0 Å². The number of anilines is 2. The van der Waals surface area contributed by atoms with Crippen LogP contribution < -0.4 is 15.4 Å². The van der Waals surface area contributed by atoms with Gasteiger partial charge in [-0.2, -0.15) is 0 Å². The van der Waals surface area contributed by atoms with E-state index in [9.17, 15) is 9.90 Å². The molecule has 3 N–H and O–H groups in total. The average Bonchev–Trinajstić information content (AvgIpc) is 3.10. The number of para-hydroxylation sites is 1. The number of urea groups is 1. The first-order valence-electron chi connectivity index (χ1n) is 15.2. The third kappa shape index (κ3) is 8.16. The maximum absolute atomic E-state index is 12.9. The summed E-state index contributed by atoms with van der Waals surface area (Å²) < 4.78 is 19.0. The maximum Gasteiger partial charge on any atom is 0.323 e. The van der Waals surface area contributed by atoms with Crippen molar-refractivity contribution in [1.29, 1.82) is 0 Å². The fourth-order valence-electron chi connectivity index (χ4n) is 5.29. The summed E-state index contributed by atoms with van der Waals surface area (Å²) in [6.45, 7) is 2.14. The number of aliphatic hydroxyl groups is 1. The van der Waals surface area contributed by atoms with Crippen molar-refractivity contribution in [3.63, 3.8) is 0 Å². The summed E-state index contributed by atoms with van der Waals surface area (Å²) in [5, 5.41) is 15.3. The Morgan fingerprint density at radius 1 is 0.739 bits per heavy atom. The Hall–Kier alpha value is -4.60. The Balaban J connectivity index is 1.14. The van der Waals surface area contributed by atoms with E-state index in [2.05, 4.69) is 29.7 Å². The van der Waals surface area contributed by atoms with Gasteiger partial charge in [-0.05, 0) is 71.8 Å². The number of carbonyl (C=O) groups is 1.